The molecule has 100 valence electrons. The van der Waals surface area contributed by atoms with E-state index in [2.05, 4.69) is 16.6 Å². The Morgan fingerprint density at radius 1 is 1.56 bits per heavy atom. The van der Waals surface area contributed by atoms with Gasteiger partial charge < -0.3 is 0 Å². The summed E-state index contributed by atoms with van der Waals surface area (Å²) in [6.07, 6.45) is 5.61. The minimum atomic E-state index is -0.0653. The molecular weight excluding hydrogens is 230 g/mol. The maximum atomic E-state index is 11.3. The van der Waals surface area contributed by atoms with E-state index in [0.717, 1.165) is 25.9 Å². The Balaban J connectivity index is 2.18. The standard InChI is InChI=1S/C13H21N3O2/c1-3-7-14-16(12(2)17)9-5-4-8-15-10-6-13(18)11-15/h3,7H,1,4-6,8-11H2,2H3/b14-7-. The first-order chi connectivity index (χ1) is 8.63. The number of allylic oxidation sites excluding steroid dienone is 1. The molecule has 0 aromatic carbocycles. The molecule has 0 N–H and O–H groups in total. The summed E-state index contributed by atoms with van der Waals surface area (Å²) in [5, 5.41) is 5.44. The third kappa shape index (κ3) is 5.23. The normalized spacial score (nSPS) is 16.4. The van der Waals surface area contributed by atoms with Crippen LogP contribution in [0.1, 0.15) is 26.2 Å². The van der Waals surface area contributed by atoms with Gasteiger partial charge in [-0.3, -0.25) is 14.5 Å². The van der Waals surface area contributed by atoms with E-state index in [1.165, 1.54) is 18.1 Å². The van der Waals surface area contributed by atoms with E-state index >= 15 is 0 Å². The highest BCUT2D eigenvalue weighted by atomic mass is 16.2. The van der Waals surface area contributed by atoms with Crippen molar-refractivity contribution in [3.05, 3.63) is 12.7 Å². The van der Waals surface area contributed by atoms with Crippen molar-refractivity contribution in [2.24, 2.45) is 5.10 Å². The lowest BCUT2D eigenvalue weighted by molar-refractivity contribution is -0.128. The number of carbonyl (C=O) groups excluding carboxylic acids is 2. The van der Waals surface area contributed by atoms with Gasteiger partial charge in [0.15, 0.2) is 0 Å². The topological polar surface area (TPSA) is 53.0 Å². The predicted molar refractivity (Wildman–Crippen MR) is 71.4 cm³/mol. The van der Waals surface area contributed by atoms with Gasteiger partial charge >= 0.3 is 0 Å². The number of Topliss-reactive ketones (excluding diaryl/α,β-unsaturated/α-hetero) is 1. The van der Waals surface area contributed by atoms with E-state index in [9.17, 15) is 9.59 Å². The summed E-state index contributed by atoms with van der Waals surface area (Å²) in [4.78, 5) is 24.5. The molecule has 0 aromatic heterocycles. The van der Waals surface area contributed by atoms with Crippen molar-refractivity contribution in [3.63, 3.8) is 0 Å². The molecule has 0 unspecified atom stereocenters. The Morgan fingerprint density at radius 2 is 2.33 bits per heavy atom. The summed E-state index contributed by atoms with van der Waals surface area (Å²) < 4.78 is 0. The van der Waals surface area contributed by atoms with Crippen LogP contribution in [-0.2, 0) is 9.59 Å². The van der Waals surface area contributed by atoms with Crippen LogP contribution in [0.2, 0.25) is 0 Å². The summed E-state index contributed by atoms with van der Waals surface area (Å²) in [5.41, 5.74) is 0. The molecule has 1 fully saturated rings. The molecule has 1 amide bonds. The van der Waals surface area contributed by atoms with E-state index in [1.54, 1.807) is 6.08 Å². The second-order valence-corrected chi connectivity index (χ2v) is 4.41. The molecule has 0 saturated carbocycles. The van der Waals surface area contributed by atoms with Crippen LogP contribution in [0.15, 0.2) is 17.8 Å². The fraction of sp³-hybridized carbons (Fsp3) is 0.615. The molecule has 0 aliphatic carbocycles. The monoisotopic (exact) mass is 251 g/mol. The van der Waals surface area contributed by atoms with E-state index in [0.29, 0.717) is 25.3 Å². The Morgan fingerprint density at radius 3 is 2.89 bits per heavy atom. The van der Waals surface area contributed by atoms with Crippen molar-refractivity contribution in [1.29, 1.82) is 0 Å². The zero-order valence-electron chi connectivity index (χ0n) is 11.0. The van der Waals surface area contributed by atoms with Crippen molar-refractivity contribution in [2.75, 3.05) is 26.2 Å². The molecule has 18 heavy (non-hydrogen) atoms. The first kappa shape index (κ1) is 14.6. The van der Waals surface area contributed by atoms with Crippen LogP contribution >= 0.6 is 0 Å². The lowest BCUT2D eigenvalue weighted by Crippen LogP contribution is -2.26. The minimum Gasteiger partial charge on any atom is -0.298 e. The average Bonchev–Trinajstić information content (AvgIpc) is 2.73. The van der Waals surface area contributed by atoms with Crippen LogP contribution in [0.3, 0.4) is 0 Å². The van der Waals surface area contributed by atoms with Gasteiger partial charge in [-0.05, 0) is 25.5 Å². The van der Waals surface area contributed by atoms with Crippen molar-refractivity contribution in [3.8, 4) is 0 Å². The molecule has 0 radical (unpaired) electrons. The number of unbranched alkanes of at least 4 members (excludes halogenated alkanes) is 1. The Hall–Kier alpha value is -1.49. The number of hydrazone groups is 1. The average molecular weight is 251 g/mol. The fourth-order valence-electron chi connectivity index (χ4n) is 1.90. The van der Waals surface area contributed by atoms with Gasteiger partial charge in [-0.15, -0.1) is 0 Å². The summed E-state index contributed by atoms with van der Waals surface area (Å²) in [6.45, 7) is 8.02. The second kappa shape index (κ2) is 7.76. The van der Waals surface area contributed by atoms with Gasteiger partial charge in [-0.25, -0.2) is 5.01 Å². The number of hydrogen-bond acceptors (Lipinski definition) is 4. The summed E-state index contributed by atoms with van der Waals surface area (Å²) in [5.74, 6) is 0.264. The maximum absolute atomic E-state index is 11.3. The molecule has 1 heterocycles. The molecule has 0 aromatic rings. The number of ketones is 1. The quantitative estimate of drug-likeness (QED) is 0.386. The van der Waals surface area contributed by atoms with Crippen LogP contribution < -0.4 is 0 Å². The molecule has 1 aliphatic heterocycles. The van der Waals surface area contributed by atoms with Gasteiger partial charge in [0.25, 0.3) is 0 Å². The Bertz CT molecular complexity index is 339. The number of likely N-dealkylation sites (tertiary alicyclic amines) is 1. The number of carbonyl (C=O) groups is 2. The van der Waals surface area contributed by atoms with E-state index < -0.39 is 0 Å². The molecule has 0 bridgehead atoms. The molecule has 5 nitrogen and oxygen atoms in total. The van der Waals surface area contributed by atoms with Gasteiger partial charge in [-0.2, -0.15) is 5.10 Å². The van der Waals surface area contributed by atoms with Gasteiger partial charge in [-0.1, -0.05) is 6.58 Å². The van der Waals surface area contributed by atoms with E-state index in [-0.39, 0.29) is 5.91 Å². The highest BCUT2D eigenvalue weighted by molar-refractivity contribution is 5.82. The predicted octanol–water partition coefficient (Wildman–Crippen LogP) is 1.06. The Kier molecular flexibility index (Phi) is 6.28. The third-order valence-corrected chi connectivity index (χ3v) is 2.88. The first-order valence-corrected chi connectivity index (χ1v) is 6.30. The number of nitrogens with zero attached hydrogens (tertiary/aromatic N) is 3. The van der Waals surface area contributed by atoms with Crippen LogP contribution in [0.4, 0.5) is 0 Å². The zero-order valence-corrected chi connectivity index (χ0v) is 11.0. The zero-order chi connectivity index (χ0) is 13.4. The molecular formula is C13H21N3O2. The van der Waals surface area contributed by atoms with Crippen molar-refractivity contribution in [2.45, 2.75) is 26.2 Å². The van der Waals surface area contributed by atoms with Crippen LogP contribution in [-0.4, -0.2) is 54.0 Å². The number of hydrogen-bond donors (Lipinski definition) is 0. The van der Waals surface area contributed by atoms with Gasteiger partial charge in [0, 0.05) is 32.6 Å². The number of rotatable bonds is 7. The van der Waals surface area contributed by atoms with Gasteiger partial charge in [0.05, 0.1) is 6.54 Å². The van der Waals surface area contributed by atoms with Crippen LogP contribution in [0.5, 0.6) is 0 Å². The minimum absolute atomic E-state index is 0.0653. The van der Waals surface area contributed by atoms with E-state index in [1.807, 2.05) is 0 Å². The second-order valence-electron chi connectivity index (χ2n) is 4.41. The van der Waals surface area contributed by atoms with Crippen LogP contribution in [0.25, 0.3) is 0 Å². The lowest BCUT2D eigenvalue weighted by atomic mass is 10.3. The number of amides is 1. The largest absolute Gasteiger partial charge is 0.298 e. The highest BCUT2D eigenvalue weighted by Crippen LogP contribution is 2.06. The summed E-state index contributed by atoms with van der Waals surface area (Å²) in [7, 11) is 0. The smallest absolute Gasteiger partial charge is 0.239 e. The van der Waals surface area contributed by atoms with Gasteiger partial charge in [0.1, 0.15) is 5.78 Å². The maximum Gasteiger partial charge on any atom is 0.239 e. The lowest BCUT2D eigenvalue weighted by Gasteiger charge is -2.16. The van der Waals surface area contributed by atoms with E-state index in [4.69, 9.17) is 0 Å². The third-order valence-electron chi connectivity index (χ3n) is 2.88. The summed E-state index contributed by atoms with van der Waals surface area (Å²) >= 11 is 0. The fourth-order valence-corrected chi connectivity index (χ4v) is 1.90. The SMILES string of the molecule is C=C/C=N\N(CCCCN1CCC(=O)C1)C(C)=O. The highest BCUT2D eigenvalue weighted by Gasteiger charge is 2.18. The first-order valence-electron chi connectivity index (χ1n) is 6.30. The molecule has 1 saturated heterocycles. The van der Waals surface area contributed by atoms with Gasteiger partial charge in [0.2, 0.25) is 5.91 Å². The molecule has 5 heteroatoms. The summed E-state index contributed by atoms with van der Waals surface area (Å²) in [6, 6.07) is 0. The van der Waals surface area contributed by atoms with Crippen LogP contribution in [0, 0.1) is 0 Å². The Labute approximate surface area is 108 Å². The molecule has 0 spiro atoms. The molecule has 1 aliphatic rings. The molecule has 1 rings (SSSR count). The van der Waals surface area contributed by atoms with Crippen molar-refractivity contribution < 1.29 is 9.59 Å². The van der Waals surface area contributed by atoms with Crippen molar-refractivity contribution >= 4 is 17.9 Å². The molecule has 0 atom stereocenters. The van der Waals surface area contributed by atoms with Crippen molar-refractivity contribution in [1.82, 2.24) is 9.91 Å².